The standard InChI is InChI=1S/C17H18N2O3S2/c1-11-15-9-14(24(21,22)18-10-13-5-3-7-23-13)8-12-4-2-6-19(16(12)15)17(11)20/h3,5,7-9,11,18H,2,4,6,10H2,1H3. The Morgan fingerprint density at radius 1 is 1.38 bits per heavy atom. The fraction of sp³-hybridized carbons (Fsp3) is 0.353. The van der Waals surface area contributed by atoms with E-state index in [1.165, 1.54) is 11.3 Å². The van der Waals surface area contributed by atoms with Crippen LogP contribution in [0.4, 0.5) is 5.69 Å². The molecule has 4 rings (SSSR count). The maximum Gasteiger partial charge on any atom is 0.240 e. The molecule has 24 heavy (non-hydrogen) atoms. The van der Waals surface area contributed by atoms with Crippen LogP contribution in [0.25, 0.3) is 0 Å². The van der Waals surface area contributed by atoms with E-state index >= 15 is 0 Å². The van der Waals surface area contributed by atoms with Crippen molar-refractivity contribution in [3.05, 3.63) is 45.6 Å². The summed E-state index contributed by atoms with van der Waals surface area (Å²) in [6, 6.07) is 7.20. The van der Waals surface area contributed by atoms with E-state index < -0.39 is 10.0 Å². The van der Waals surface area contributed by atoms with Crippen LogP contribution in [0.2, 0.25) is 0 Å². The molecular formula is C17H18N2O3S2. The topological polar surface area (TPSA) is 66.5 Å². The summed E-state index contributed by atoms with van der Waals surface area (Å²) in [7, 11) is -3.60. The normalized spacial score (nSPS) is 19.6. The second-order valence-electron chi connectivity index (χ2n) is 6.24. The molecule has 1 amide bonds. The third-order valence-corrected chi connectivity index (χ3v) is 6.98. The molecule has 0 saturated carbocycles. The summed E-state index contributed by atoms with van der Waals surface area (Å²) in [5.41, 5.74) is 2.75. The lowest BCUT2D eigenvalue weighted by atomic mass is 9.97. The smallest absolute Gasteiger partial charge is 0.240 e. The minimum Gasteiger partial charge on any atom is -0.311 e. The Kier molecular flexibility index (Phi) is 3.74. The minimum atomic E-state index is -3.60. The monoisotopic (exact) mass is 362 g/mol. The van der Waals surface area contributed by atoms with E-state index in [0.717, 1.165) is 41.1 Å². The van der Waals surface area contributed by atoms with Crippen LogP contribution in [0, 0.1) is 0 Å². The average molecular weight is 362 g/mol. The molecule has 7 heteroatoms. The predicted molar refractivity (Wildman–Crippen MR) is 93.9 cm³/mol. The zero-order valence-electron chi connectivity index (χ0n) is 13.3. The van der Waals surface area contributed by atoms with Gasteiger partial charge in [0, 0.05) is 18.0 Å². The zero-order chi connectivity index (χ0) is 16.9. The average Bonchev–Trinajstić information content (AvgIpc) is 3.18. The highest BCUT2D eigenvalue weighted by atomic mass is 32.2. The number of hydrogen-bond donors (Lipinski definition) is 1. The molecule has 2 aliphatic rings. The molecule has 0 spiro atoms. The first-order valence-electron chi connectivity index (χ1n) is 7.97. The quantitative estimate of drug-likeness (QED) is 0.909. The highest BCUT2D eigenvalue weighted by molar-refractivity contribution is 7.89. The first kappa shape index (κ1) is 15.8. The summed E-state index contributed by atoms with van der Waals surface area (Å²) >= 11 is 1.52. The summed E-state index contributed by atoms with van der Waals surface area (Å²) in [5.74, 6) is -0.198. The van der Waals surface area contributed by atoms with Gasteiger partial charge in [-0.1, -0.05) is 6.07 Å². The number of rotatable bonds is 4. The molecule has 1 unspecified atom stereocenters. The molecule has 1 N–H and O–H groups in total. The summed E-state index contributed by atoms with van der Waals surface area (Å²) < 4.78 is 28.0. The first-order chi connectivity index (χ1) is 11.5. The maximum absolute atomic E-state index is 12.7. The Bertz CT molecular complexity index is 904. The molecule has 2 aliphatic heterocycles. The van der Waals surface area contributed by atoms with Crippen LogP contribution in [0.3, 0.4) is 0 Å². The number of amides is 1. The number of benzene rings is 1. The number of hydrogen-bond acceptors (Lipinski definition) is 4. The van der Waals surface area contributed by atoms with Crippen LogP contribution in [0.1, 0.15) is 35.3 Å². The van der Waals surface area contributed by atoms with E-state index in [2.05, 4.69) is 4.72 Å². The molecule has 126 valence electrons. The number of anilines is 1. The Labute approximate surface area is 145 Å². The van der Waals surface area contributed by atoms with E-state index in [-0.39, 0.29) is 23.3 Å². The largest absolute Gasteiger partial charge is 0.311 e. The lowest BCUT2D eigenvalue weighted by molar-refractivity contribution is -0.119. The molecule has 0 radical (unpaired) electrons. The summed E-state index contributed by atoms with van der Waals surface area (Å²) in [5, 5.41) is 1.92. The van der Waals surface area contributed by atoms with Crippen LogP contribution in [0.5, 0.6) is 0 Å². The highest BCUT2D eigenvalue weighted by Crippen LogP contribution is 2.43. The molecule has 0 saturated heterocycles. The zero-order valence-corrected chi connectivity index (χ0v) is 14.9. The Morgan fingerprint density at radius 3 is 2.96 bits per heavy atom. The van der Waals surface area contributed by atoms with Crippen molar-refractivity contribution in [2.45, 2.75) is 37.1 Å². The van der Waals surface area contributed by atoms with Gasteiger partial charge in [-0.3, -0.25) is 4.79 Å². The molecule has 2 aromatic rings. The van der Waals surface area contributed by atoms with Gasteiger partial charge in [-0.2, -0.15) is 0 Å². The van der Waals surface area contributed by atoms with Crippen LogP contribution >= 0.6 is 11.3 Å². The minimum absolute atomic E-state index is 0.0760. The number of carbonyl (C=O) groups is 1. The molecule has 5 nitrogen and oxygen atoms in total. The van der Waals surface area contributed by atoms with Crippen LogP contribution in [-0.4, -0.2) is 20.9 Å². The van der Waals surface area contributed by atoms with Gasteiger partial charge in [-0.25, -0.2) is 13.1 Å². The number of sulfonamides is 1. The summed E-state index contributed by atoms with van der Waals surface area (Å²) in [6.07, 6.45) is 1.68. The van der Waals surface area contributed by atoms with Crippen molar-refractivity contribution >= 4 is 33.0 Å². The van der Waals surface area contributed by atoms with Gasteiger partial charge in [-0.05, 0) is 54.5 Å². The van der Waals surface area contributed by atoms with E-state index in [1.54, 1.807) is 12.1 Å². The summed E-state index contributed by atoms with van der Waals surface area (Å²) in [4.78, 5) is 15.4. The molecular weight excluding hydrogens is 344 g/mol. The van der Waals surface area contributed by atoms with Crippen LogP contribution in [-0.2, 0) is 27.8 Å². The molecule has 1 aromatic carbocycles. The van der Waals surface area contributed by atoms with Crippen molar-refractivity contribution in [3.8, 4) is 0 Å². The third-order valence-electron chi connectivity index (χ3n) is 4.72. The van der Waals surface area contributed by atoms with Crippen LogP contribution in [0.15, 0.2) is 34.5 Å². The molecule has 1 aromatic heterocycles. The molecule has 0 aliphatic carbocycles. The number of nitrogens with zero attached hydrogens (tertiary/aromatic N) is 1. The second kappa shape index (κ2) is 5.68. The first-order valence-corrected chi connectivity index (χ1v) is 10.3. The predicted octanol–water partition coefficient (Wildman–Crippen LogP) is 2.62. The van der Waals surface area contributed by atoms with Gasteiger partial charge in [0.15, 0.2) is 0 Å². The summed E-state index contributed by atoms with van der Waals surface area (Å²) in [6.45, 7) is 2.87. The van der Waals surface area contributed by atoms with Gasteiger partial charge >= 0.3 is 0 Å². The van der Waals surface area contributed by atoms with Crippen molar-refractivity contribution in [1.29, 1.82) is 0 Å². The molecule has 0 fully saturated rings. The van der Waals surface area contributed by atoms with Crippen molar-refractivity contribution in [3.63, 3.8) is 0 Å². The van der Waals surface area contributed by atoms with E-state index in [4.69, 9.17) is 0 Å². The lowest BCUT2D eigenvalue weighted by Gasteiger charge is -2.26. The van der Waals surface area contributed by atoms with Crippen molar-refractivity contribution in [2.24, 2.45) is 0 Å². The number of nitrogens with one attached hydrogen (secondary N) is 1. The van der Waals surface area contributed by atoms with E-state index in [1.807, 2.05) is 29.3 Å². The molecule has 0 bridgehead atoms. The molecule has 1 atom stereocenters. The van der Waals surface area contributed by atoms with E-state index in [9.17, 15) is 13.2 Å². The maximum atomic E-state index is 12.7. The fourth-order valence-electron chi connectivity index (χ4n) is 3.48. The van der Waals surface area contributed by atoms with Gasteiger partial charge < -0.3 is 4.90 Å². The Balaban J connectivity index is 1.71. The van der Waals surface area contributed by atoms with Gasteiger partial charge in [-0.15, -0.1) is 11.3 Å². The number of carbonyl (C=O) groups excluding carboxylic acids is 1. The van der Waals surface area contributed by atoms with Crippen molar-refractivity contribution in [2.75, 3.05) is 11.4 Å². The number of aryl methyl sites for hydroxylation is 1. The number of thiophene rings is 1. The Hall–Kier alpha value is -1.70. The van der Waals surface area contributed by atoms with Gasteiger partial charge in [0.1, 0.15) is 0 Å². The SMILES string of the molecule is CC1C(=O)N2CCCc3cc(S(=O)(=O)NCc4cccs4)cc1c32. The fourth-order valence-corrected chi connectivity index (χ4v) is 5.31. The van der Waals surface area contributed by atoms with Gasteiger partial charge in [0.05, 0.1) is 16.5 Å². The van der Waals surface area contributed by atoms with E-state index in [0.29, 0.717) is 0 Å². The van der Waals surface area contributed by atoms with Crippen molar-refractivity contribution < 1.29 is 13.2 Å². The third kappa shape index (κ3) is 2.47. The molecule has 3 heterocycles. The Morgan fingerprint density at radius 2 is 2.21 bits per heavy atom. The second-order valence-corrected chi connectivity index (χ2v) is 9.04. The van der Waals surface area contributed by atoms with Crippen molar-refractivity contribution in [1.82, 2.24) is 4.72 Å². The van der Waals surface area contributed by atoms with Gasteiger partial charge in [0.25, 0.3) is 0 Å². The van der Waals surface area contributed by atoms with Crippen LogP contribution < -0.4 is 9.62 Å². The lowest BCUT2D eigenvalue weighted by Crippen LogP contribution is -2.32. The highest BCUT2D eigenvalue weighted by Gasteiger charge is 2.38. The van der Waals surface area contributed by atoms with Gasteiger partial charge in [0.2, 0.25) is 15.9 Å².